The SMILES string of the molecule is Cc1[nH]nc2c1C(c1cccc(OCC(=O)Nc3ccccc3)c1)C(C#N)=C(N)O2. The molecule has 150 valence electrons. The molecular formula is C22H19N5O3. The van der Waals surface area contributed by atoms with Crippen LogP contribution < -0.4 is 20.5 Å². The molecule has 1 aliphatic rings. The molecule has 4 N–H and O–H groups in total. The van der Waals surface area contributed by atoms with Gasteiger partial charge in [-0.05, 0) is 36.8 Å². The Kier molecular flexibility index (Phi) is 5.09. The van der Waals surface area contributed by atoms with Crippen LogP contribution in [-0.4, -0.2) is 22.7 Å². The van der Waals surface area contributed by atoms with Gasteiger partial charge in [-0.25, -0.2) is 0 Å². The molecule has 8 nitrogen and oxygen atoms in total. The van der Waals surface area contributed by atoms with Crippen LogP contribution in [0.25, 0.3) is 0 Å². The van der Waals surface area contributed by atoms with Gasteiger partial charge in [0.05, 0.1) is 5.92 Å². The number of amides is 1. The van der Waals surface area contributed by atoms with E-state index in [1.807, 2.05) is 31.2 Å². The molecule has 1 amide bonds. The average molecular weight is 401 g/mol. The number of nitrogens with one attached hydrogen (secondary N) is 2. The minimum absolute atomic E-state index is 0.0232. The summed E-state index contributed by atoms with van der Waals surface area (Å²) < 4.78 is 11.2. The Morgan fingerprint density at radius 3 is 2.87 bits per heavy atom. The predicted molar refractivity (Wildman–Crippen MR) is 110 cm³/mol. The standard InChI is InChI=1S/C22H19N5O3/c1-13-19-20(17(11-23)21(24)30-22(19)27-26-13)14-6-5-9-16(10-14)29-12-18(28)25-15-7-3-2-4-8-15/h2-10,20H,12,24H2,1H3,(H,25,28)(H,26,27). The lowest BCUT2D eigenvalue weighted by Gasteiger charge is -2.24. The van der Waals surface area contributed by atoms with Gasteiger partial charge in [0.2, 0.25) is 11.8 Å². The first kappa shape index (κ1) is 19.1. The Hall–Kier alpha value is -4.25. The van der Waals surface area contributed by atoms with Crippen molar-refractivity contribution >= 4 is 11.6 Å². The number of rotatable bonds is 5. The van der Waals surface area contributed by atoms with Crippen molar-refractivity contribution in [2.24, 2.45) is 5.73 Å². The first-order chi connectivity index (χ1) is 14.6. The van der Waals surface area contributed by atoms with Crippen LogP contribution in [0.5, 0.6) is 11.6 Å². The van der Waals surface area contributed by atoms with E-state index in [0.29, 0.717) is 22.9 Å². The summed E-state index contributed by atoms with van der Waals surface area (Å²) in [6.45, 7) is 1.71. The van der Waals surface area contributed by atoms with Crippen molar-refractivity contribution in [1.29, 1.82) is 5.26 Å². The van der Waals surface area contributed by atoms with Gasteiger partial charge in [-0.3, -0.25) is 9.89 Å². The molecule has 1 unspecified atom stereocenters. The van der Waals surface area contributed by atoms with Crippen LogP contribution in [0.1, 0.15) is 22.7 Å². The maximum atomic E-state index is 12.2. The van der Waals surface area contributed by atoms with Gasteiger partial charge in [0.15, 0.2) is 6.61 Å². The fraction of sp³-hybridized carbons (Fsp3) is 0.136. The van der Waals surface area contributed by atoms with E-state index >= 15 is 0 Å². The molecule has 0 fully saturated rings. The van der Waals surface area contributed by atoms with Crippen LogP contribution in [0.15, 0.2) is 66.1 Å². The van der Waals surface area contributed by atoms with E-state index in [1.54, 1.807) is 30.3 Å². The highest BCUT2D eigenvalue weighted by atomic mass is 16.5. The van der Waals surface area contributed by atoms with Crippen molar-refractivity contribution in [3.8, 4) is 17.7 Å². The molecule has 0 spiro atoms. The summed E-state index contributed by atoms with van der Waals surface area (Å²) >= 11 is 0. The molecular weight excluding hydrogens is 382 g/mol. The van der Waals surface area contributed by atoms with Crippen molar-refractivity contribution in [2.45, 2.75) is 12.8 Å². The average Bonchev–Trinajstić information content (AvgIpc) is 3.12. The highest BCUT2D eigenvalue weighted by Crippen LogP contribution is 2.43. The molecule has 1 atom stereocenters. The van der Waals surface area contributed by atoms with Gasteiger partial charge in [0.25, 0.3) is 5.91 Å². The predicted octanol–water partition coefficient (Wildman–Crippen LogP) is 2.95. The first-order valence-electron chi connectivity index (χ1n) is 9.27. The Morgan fingerprint density at radius 1 is 1.30 bits per heavy atom. The van der Waals surface area contributed by atoms with E-state index in [-0.39, 0.29) is 18.4 Å². The molecule has 0 bridgehead atoms. The lowest BCUT2D eigenvalue weighted by atomic mass is 9.84. The summed E-state index contributed by atoms with van der Waals surface area (Å²) in [6.07, 6.45) is 0. The zero-order valence-corrected chi connectivity index (χ0v) is 16.2. The molecule has 8 heteroatoms. The third-order valence-corrected chi connectivity index (χ3v) is 4.75. The summed E-state index contributed by atoms with van der Waals surface area (Å²) in [5, 5.41) is 19.4. The maximum absolute atomic E-state index is 12.2. The smallest absolute Gasteiger partial charge is 0.262 e. The second-order valence-electron chi connectivity index (χ2n) is 6.77. The number of H-pyrrole nitrogens is 1. The minimum atomic E-state index is -0.445. The lowest BCUT2D eigenvalue weighted by Crippen LogP contribution is -2.21. The Morgan fingerprint density at radius 2 is 2.10 bits per heavy atom. The van der Waals surface area contributed by atoms with Gasteiger partial charge >= 0.3 is 0 Å². The monoisotopic (exact) mass is 401 g/mol. The summed E-state index contributed by atoms with van der Waals surface area (Å²) in [4.78, 5) is 12.2. The number of hydrogen-bond donors (Lipinski definition) is 3. The number of allylic oxidation sites excluding steroid dienone is 1. The van der Waals surface area contributed by atoms with Crippen LogP contribution in [0.2, 0.25) is 0 Å². The van der Waals surface area contributed by atoms with Gasteiger partial charge in [-0.1, -0.05) is 30.3 Å². The van der Waals surface area contributed by atoms with Crippen molar-refractivity contribution in [1.82, 2.24) is 10.2 Å². The van der Waals surface area contributed by atoms with Gasteiger partial charge in [0, 0.05) is 16.9 Å². The number of nitrogens with zero attached hydrogens (tertiary/aromatic N) is 2. The first-order valence-corrected chi connectivity index (χ1v) is 9.27. The van der Waals surface area contributed by atoms with Crippen molar-refractivity contribution in [3.63, 3.8) is 0 Å². The topological polar surface area (TPSA) is 126 Å². The lowest BCUT2D eigenvalue weighted by molar-refractivity contribution is -0.118. The van der Waals surface area contributed by atoms with E-state index < -0.39 is 5.92 Å². The molecule has 0 radical (unpaired) electrons. The highest BCUT2D eigenvalue weighted by molar-refractivity contribution is 5.91. The van der Waals surface area contributed by atoms with Crippen molar-refractivity contribution < 1.29 is 14.3 Å². The number of anilines is 1. The van der Waals surface area contributed by atoms with Gasteiger partial charge in [0.1, 0.15) is 17.4 Å². The second-order valence-corrected chi connectivity index (χ2v) is 6.77. The number of carbonyl (C=O) groups excluding carboxylic acids is 1. The van der Waals surface area contributed by atoms with Crippen LogP contribution in [0, 0.1) is 18.3 Å². The maximum Gasteiger partial charge on any atom is 0.262 e. The third-order valence-electron chi connectivity index (χ3n) is 4.75. The molecule has 0 saturated carbocycles. The number of aromatic nitrogens is 2. The van der Waals surface area contributed by atoms with E-state index in [2.05, 4.69) is 21.6 Å². The number of para-hydroxylation sites is 1. The molecule has 1 aliphatic heterocycles. The fourth-order valence-electron chi connectivity index (χ4n) is 3.38. The highest BCUT2D eigenvalue weighted by Gasteiger charge is 2.34. The van der Waals surface area contributed by atoms with Crippen molar-refractivity contribution in [3.05, 3.63) is 82.9 Å². The second kappa shape index (κ2) is 8.01. The van der Waals surface area contributed by atoms with E-state index in [0.717, 1.165) is 16.8 Å². The number of nitriles is 1. The summed E-state index contributed by atoms with van der Waals surface area (Å²) in [6, 6.07) is 18.5. The number of hydrogen-bond acceptors (Lipinski definition) is 6. The molecule has 2 aromatic carbocycles. The number of benzene rings is 2. The van der Waals surface area contributed by atoms with E-state index in [1.165, 1.54) is 0 Å². The Labute approximate surface area is 172 Å². The van der Waals surface area contributed by atoms with Crippen LogP contribution in [-0.2, 0) is 4.79 Å². The van der Waals surface area contributed by atoms with Crippen LogP contribution in [0.4, 0.5) is 5.69 Å². The molecule has 4 rings (SSSR count). The quantitative estimate of drug-likeness (QED) is 0.603. The summed E-state index contributed by atoms with van der Waals surface area (Å²) in [5.74, 6) is 0.157. The number of ether oxygens (including phenoxy) is 2. The summed E-state index contributed by atoms with van der Waals surface area (Å²) in [5.41, 5.74) is 9.26. The minimum Gasteiger partial charge on any atom is -0.484 e. The molecule has 2 heterocycles. The molecule has 3 aromatic rings. The van der Waals surface area contributed by atoms with Gasteiger partial charge in [-0.15, -0.1) is 5.10 Å². The molecule has 0 saturated heterocycles. The van der Waals surface area contributed by atoms with E-state index in [4.69, 9.17) is 15.2 Å². The Bertz CT molecular complexity index is 1160. The normalized spacial score (nSPS) is 15.0. The molecule has 0 aliphatic carbocycles. The van der Waals surface area contributed by atoms with Gasteiger partial charge < -0.3 is 20.5 Å². The third kappa shape index (κ3) is 3.69. The van der Waals surface area contributed by atoms with Gasteiger partial charge in [-0.2, -0.15) is 5.26 Å². The van der Waals surface area contributed by atoms with Crippen LogP contribution in [0.3, 0.4) is 0 Å². The number of fused-ring (bicyclic) bond motifs is 1. The molecule has 30 heavy (non-hydrogen) atoms. The zero-order valence-electron chi connectivity index (χ0n) is 16.2. The van der Waals surface area contributed by atoms with E-state index in [9.17, 15) is 10.1 Å². The van der Waals surface area contributed by atoms with Crippen LogP contribution >= 0.6 is 0 Å². The number of carbonyl (C=O) groups is 1. The zero-order chi connectivity index (χ0) is 21.1. The number of nitrogens with two attached hydrogens (primary N) is 1. The molecule has 1 aromatic heterocycles. The fourth-order valence-corrected chi connectivity index (χ4v) is 3.38. The number of aryl methyl sites for hydroxylation is 1. The number of aromatic amines is 1. The largest absolute Gasteiger partial charge is 0.484 e. The summed E-state index contributed by atoms with van der Waals surface area (Å²) in [7, 11) is 0. The van der Waals surface area contributed by atoms with Crippen molar-refractivity contribution in [2.75, 3.05) is 11.9 Å². The Balaban J connectivity index is 1.55.